The van der Waals surface area contributed by atoms with Crippen LogP contribution in [-0.4, -0.2) is 33.1 Å². The predicted octanol–water partition coefficient (Wildman–Crippen LogP) is 3.13. The van der Waals surface area contributed by atoms with Gasteiger partial charge in [-0.1, -0.05) is 24.3 Å². The van der Waals surface area contributed by atoms with Crippen molar-refractivity contribution in [1.29, 1.82) is 10.8 Å². The number of nitrogens with zero attached hydrogens (tertiary/aromatic N) is 4. The minimum Gasteiger partial charge on any atom is -0.329 e. The van der Waals surface area contributed by atoms with Crippen LogP contribution in [0.1, 0.15) is 0 Å². The maximum absolute atomic E-state index is 8.25. The number of hydrogen-bond acceptors (Lipinski definition) is 5. The summed E-state index contributed by atoms with van der Waals surface area (Å²) in [5.41, 5.74) is 3.54. The highest BCUT2D eigenvalue weighted by Crippen LogP contribution is 2.30. The van der Waals surface area contributed by atoms with Crippen molar-refractivity contribution in [1.82, 2.24) is 19.7 Å². The molecular formula is C19H17N7. The highest BCUT2D eigenvalue weighted by atomic mass is 15.2. The highest BCUT2D eigenvalue weighted by Gasteiger charge is 2.14. The molecule has 0 fully saturated rings. The second-order valence-electron chi connectivity index (χ2n) is 5.85. The van der Waals surface area contributed by atoms with Crippen LogP contribution < -0.4 is 10.5 Å². The Bertz CT molecular complexity index is 1130. The first-order valence-corrected chi connectivity index (χ1v) is 8.09. The number of benzene rings is 2. The van der Waals surface area contributed by atoms with Crippen molar-refractivity contribution in [2.24, 2.45) is 0 Å². The van der Waals surface area contributed by atoms with E-state index in [9.17, 15) is 0 Å². The molecule has 7 nitrogen and oxygen atoms in total. The van der Waals surface area contributed by atoms with Gasteiger partial charge in [0.1, 0.15) is 5.82 Å². The molecule has 2 aromatic carbocycles. The fourth-order valence-electron chi connectivity index (χ4n) is 2.99. The second kappa shape index (κ2) is 6.29. The van der Waals surface area contributed by atoms with Crippen molar-refractivity contribution in [3.63, 3.8) is 0 Å². The third-order valence-corrected chi connectivity index (χ3v) is 4.34. The van der Waals surface area contributed by atoms with Gasteiger partial charge in [0.15, 0.2) is 0 Å². The lowest BCUT2D eigenvalue weighted by Crippen LogP contribution is -2.26. The Labute approximate surface area is 149 Å². The van der Waals surface area contributed by atoms with Gasteiger partial charge in [0.2, 0.25) is 5.62 Å². The van der Waals surface area contributed by atoms with E-state index >= 15 is 0 Å². The summed E-state index contributed by atoms with van der Waals surface area (Å²) in [4.78, 5) is 6.37. The van der Waals surface area contributed by atoms with Gasteiger partial charge in [-0.05, 0) is 30.3 Å². The number of nitrogens with one attached hydrogen (secondary N) is 3. The summed E-state index contributed by atoms with van der Waals surface area (Å²) in [5, 5.41) is 23.7. The first-order valence-electron chi connectivity index (χ1n) is 8.09. The average Bonchev–Trinajstić information content (AvgIpc) is 3.22. The lowest BCUT2D eigenvalue weighted by Gasteiger charge is -2.21. The van der Waals surface area contributed by atoms with Gasteiger partial charge in [-0.3, -0.25) is 20.5 Å². The smallest absolute Gasteiger partial charge is 0.229 e. The van der Waals surface area contributed by atoms with E-state index < -0.39 is 0 Å². The van der Waals surface area contributed by atoms with E-state index in [4.69, 9.17) is 10.8 Å². The van der Waals surface area contributed by atoms with Crippen LogP contribution in [0.25, 0.3) is 22.2 Å². The van der Waals surface area contributed by atoms with E-state index in [0.717, 1.165) is 34.2 Å². The molecule has 0 bridgehead atoms. The molecule has 0 aliphatic heterocycles. The van der Waals surface area contributed by atoms with Gasteiger partial charge in [-0.2, -0.15) is 10.1 Å². The summed E-state index contributed by atoms with van der Waals surface area (Å²) in [6, 6.07) is 17.7. The molecule has 3 N–H and O–H groups in total. The van der Waals surface area contributed by atoms with E-state index in [2.05, 4.69) is 15.2 Å². The molecule has 4 rings (SSSR count). The van der Waals surface area contributed by atoms with E-state index in [-0.39, 0.29) is 5.62 Å². The quantitative estimate of drug-likeness (QED) is 0.392. The Kier molecular flexibility index (Phi) is 3.81. The molecule has 2 heterocycles. The van der Waals surface area contributed by atoms with Crippen molar-refractivity contribution in [2.45, 2.75) is 0 Å². The first kappa shape index (κ1) is 15.8. The molecule has 2 aromatic heterocycles. The Morgan fingerprint density at radius 1 is 1.12 bits per heavy atom. The van der Waals surface area contributed by atoms with Crippen molar-refractivity contribution >= 4 is 28.7 Å². The minimum atomic E-state index is 0.00652. The molecule has 0 saturated heterocycles. The number of anilines is 2. The zero-order valence-electron chi connectivity index (χ0n) is 14.1. The lowest BCUT2D eigenvalue weighted by molar-refractivity contribution is 0.915. The first-order chi connectivity index (χ1) is 12.7. The number of aromatic amines is 1. The highest BCUT2D eigenvalue weighted by molar-refractivity contribution is 5.96. The number of fused-ring (bicyclic) bond motifs is 1. The zero-order chi connectivity index (χ0) is 18.1. The molecule has 0 saturated carbocycles. The minimum absolute atomic E-state index is 0.00652. The fraction of sp³-hybridized carbons (Fsp3) is 0.0526. The summed E-state index contributed by atoms with van der Waals surface area (Å²) < 4.78 is 1.46. The van der Waals surface area contributed by atoms with Crippen LogP contribution in [0, 0.1) is 10.8 Å². The summed E-state index contributed by atoms with van der Waals surface area (Å²) in [7, 11) is 1.92. The molecule has 4 aromatic rings. The summed E-state index contributed by atoms with van der Waals surface area (Å²) in [6.07, 6.45) is 2.81. The molecule has 128 valence electrons. The van der Waals surface area contributed by atoms with E-state index in [0.29, 0.717) is 5.82 Å². The third kappa shape index (κ3) is 2.55. The molecule has 0 aliphatic rings. The number of rotatable bonds is 4. The standard InChI is InChI=1S/C19H17N7/c1-25(14-5-3-2-4-6-14)18-15-8-7-13(16-9-10-22-24-16)11-17(15)26(12-20)19(21)23-18/h2-12,20-21H,1H3,(H,22,24). The Balaban J connectivity index is 1.98. The van der Waals surface area contributed by atoms with Gasteiger partial charge in [0.25, 0.3) is 0 Å². The monoisotopic (exact) mass is 343 g/mol. The molecule has 0 aliphatic carbocycles. The average molecular weight is 343 g/mol. The van der Waals surface area contributed by atoms with Crippen molar-refractivity contribution < 1.29 is 0 Å². The van der Waals surface area contributed by atoms with Gasteiger partial charge >= 0.3 is 0 Å². The van der Waals surface area contributed by atoms with E-state index in [1.165, 1.54) is 4.57 Å². The van der Waals surface area contributed by atoms with Crippen molar-refractivity contribution in [2.75, 3.05) is 11.9 Å². The van der Waals surface area contributed by atoms with E-state index in [1.807, 2.05) is 66.5 Å². The number of hydrogen-bond donors (Lipinski definition) is 3. The number of aromatic nitrogens is 4. The maximum atomic E-state index is 8.25. The lowest BCUT2D eigenvalue weighted by atomic mass is 10.1. The molecule has 7 heteroatoms. The maximum Gasteiger partial charge on any atom is 0.229 e. The van der Waals surface area contributed by atoms with Crippen LogP contribution in [0.5, 0.6) is 0 Å². The topological polar surface area (TPSA) is 97.4 Å². The number of H-pyrrole nitrogens is 1. The van der Waals surface area contributed by atoms with Gasteiger partial charge < -0.3 is 4.90 Å². The summed E-state index contributed by atoms with van der Waals surface area (Å²) in [6.45, 7) is 0. The third-order valence-electron chi connectivity index (χ3n) is 4.34. The SMILES string of the molecule is CN(c1ccccc1)c1nc(=N)n(C=N)c2cc(-c3ccn[nH]3)ccc12. The van der Waals surface area contributed by atoms with Gasteiger partial charge in [-0.25, -0.2) is 0 Å². The predicted molar refractivity (Wildman–Crippen MR) is 102 cm³/mol. The Hall–Kier alpha value is -3.74. The van der Waals surface area contributed by atoms with Crippen molar-refractivity contribution in [3.05, 3.63) is 66.4 Å². The van der Waals surface area contributed by atoms with Gasteiger partial charge in [-0.15, -0.1) is 0 Å². The molecule has 0 atom stereocenters. The molecule has 0 spiro atoms. The molecule has 0 unspecified atom stereocenters. The van der Waals surface area contributed by atoms with Gasteiger partial charge in [0, 0.05) is 29.9 Å². The summed E-state index contributed by atoms with van der Waals surface area (Å²) in [5.74, 6) is 0.672. The van der Waals surface area contributed by atoms with E-state index in [1.54, 1.807) is 6.20 Å². The van der Waals surface area contributed by atoms with Crippen LogP contribution in [-0.2, 0) is 0 Å². The van der Waals surface area contributed by atoms with Crippen LogP contribution in [0.2, 0.25) is 0 Å². The van der Waals surface area contributed by atoms with Gasteiger partial charge in [0.05, 0.1) is 17.5 Å². The Morgan fingerprint density at radius 2 is 1.92 bits per heavy atom. The van der Waals surface area contributed by atoms with Crippen LogP contribution in [0.3, 0.4) is 0 Å². The normalized spacial score (nSPS) is 10.8. The number of para-hydroxylation sites is 1. The molecule has 0 amide bonds. The van der Waals surface area contributed by atoms with Crippen LogP contribution in [0.15, 0.2) is 60.8 Å². The summed E-state index contributed by atoms with van der Waals surface area (Å²) >= 11 is 0. The second-order valence-corrected chi connectivity index (χ2v) is 5.85. The fourth-order valence-corrected chi connectivity index (χ4v) is 2.99. The molecular weight excluding hydrogens is 326 g/mol. The molecule has 26 heavy (non-hydrogen) atoms. The molecule has 0 radical (unpaired) electrons. The zero-order valence-corrected chi connectivity index (χ0v) is 14.1. The largest absolute Gasteiger partial charge is 0.329 e. The Morgan fingerprint density at radius 3 is 2.62 bits per heavy atom. The van der Waals surface area contributed by atoms with Crippen LogP contribution >= 0.6 is 0 Å². The van der Waals surface area contributed by atoms with Crippen LogP contribution in [0.4, 0.5) is 11.5 Å². The van der Waals surface area contributed by atoms with Crippen molar-refractivity contribution in [3.8, 4) is 11.3 Å².